The molecular formula is C36H40BrN3O5S. The second-order valence-corrected chi connectivity index (χ2v) is 13.8. The summed E-state index contributed by atoms with van der Waals surface area (Å²) in [5.74, 6) is -0.532. The fourth-order valence-corrected chi connectivity index (χ4v) is 7.00. The summed E-state index contributed by atoms with van der Waals surface area (Å²) < 4.78 is 36.0. The van der Waals surface area contributed by atoms with E-state index in [9.17, 15) is 18.0 Å². The Balaban J connectivity index is 1.83. The number of sulfonamides is 1. The maximum atomic E-state index is 14.6. The van der Waals surface area contributed by atoms with Gasteiger partial charge in [-0.05, 0) is 66.4 Å². The van der Waals surface area contributed by atoms with Crippen LogP contribution in [0, 0.1) is 6.92 Å². The number of methoxy groups -OCH3 is 1. The standard InChI is InChI=1S/C36H40BrN3O5S/c1-4-5-21-38-36(42)33(24-28-13-8-6-9-14-28)39(25-29-15-12-16-30(37)23-29)35(41)26-40(32-22-27(2)19-20-34(32)45-3)46(43,44)31-17-10-7-11-18-31/h6-20,22-23,33H,4-5,21,24-26H2,1-3H3,(H,38,42). The number of hydrogen-bond donors (Lipinski definition) is 1. The quantitative estimate of drug-likeness (QED) is 0.142. The summed E-state index contributed by atoms with van der Waals surface area (Å²) in [5, 5.41) is 3.01. The Morgan fingerprint density at radius 1 is 0.891 bits per heavy atom. The maximum absolute atomic E-state index is 14.6. The molecule has 0 bridgehead atoms. The normalized spacial score (nSPS) is 11.8. The van der Waals surface area contributed by atoms with Crippen molar-refractivity contribution in [2.24, 2.45) is 0 Å². The van der Waals surface area contributed by atoms with Gasteiger partial charge in [0.25, 0.3) is 10.0 Å². The Labute approximate surface area is 280 Å². The molecule has 46 heavy (non-hydrogen) atoms. The highest BCUT2D eigenvalue weighted by Gasteiger charge is 2.35. The predicted molar refractivity (Wildman–Crippen MR) is 185 cm³/mol. The van der Waals surface area contributed by atoms with Crippen LogP contribution in [0.15, 0.2) is 112 Å². The van der Waals surface area contributed by atoms with E-state index in [0.717, 1.165) is 38.3 Å². The van der Waals surface area contributed by atoms with Gasteiger partial charge in [-0.2, -0.15) is 0 Å². The molecule has 242 valence electrons. The molecule has 4 aromatic rings. The highest BCUT2D eigenvalue weighted by atomic mass is 79.9. The van der Waals surface area contributed by atoms with E-state index >= 15 is 0 Å². The van der Waals surface area contributed by atoms with E-state index in [2.05, 4.69) is 21.2 Å². The summed E-state index contributed by atoms with van der Waals surface area (Å²) in [5.41, 5.74) is 2.68. The predicted octanol–water partition coefficient (Wildman–Crippen LogP) is 6.52. The van der Waals surface area contributed by atoms with Gasteiger partial charge >= 0.3 is 0 Å². The number of rotatable bonds is 15. The van der Waals surface area contributed by atoms with E-state index in [0.29, 0.717) is 12.3 Å². The molecule has 1 unspecified atom stereocenters. The number of aryl methyl sites for hydroxylation is 1. The fraction of sp³-hybridized carbons (Fsp3) is 0.278. The van der Waals surface area contributed by atoms with Crippen molar-refractivity contribution in [3.8, 4) is 5.75 Å². The highest BCUT2D eigenvalue weighted by molar-refractivity contribution is 9.10. The Morgan fingerprint density at radius 2 is 1.57 bits per heavy atom. The zero-order valence-electron chi connectivity index (χ0n) is 26.4. The van der Waals surface area contributed by atoms with Crippen molar-refractivity contribution >= 4 is 43.5 Å². The number of amides is 2. The molecular weight excluding hydrogens is 666 g/mol. The van der Waals surface area contributed by atoms with Gasteiger partial charge in [0, 0.05) is 24.0 Å². The lowest BCUT2D eigenvalue weighted by Gasteiger charge is -2.34. The van der Waals surface area contributed by atoms with Gasteiger partial charge in [0.15, 0.2) is 0 Å². The molecule has 0 saturated carbocycles. The molecule has 0 aliphatic heterocycles. The van der Waals surface area contributed by atoms with Gasteiger partial charge in [0.1, 0.15) is 18.3 Å². The Hall–Kier alpha value is -4.15. The summed E-state index contributed by atoms with van der Waals surface area (Å²) >= 11 is 3.51. The smallest absolute Gasteiger partial charge is 0.264 e. The minimum Gasteiger partial charge on any atom is -0.495 e. The van der Waals surface area contributed by atoms with Gasteiger partial charge in [-0.3, -0.25) is 13.9 Å². The molecule has 2 amide bonds. The van der Waals surface area contributed by atoms with Crippen molar-refractivity contribution in [3.63, 3.8) is 0 Å². The number of nitrogens with one attached hydrogen (secondary N) is 1. The lowest BCUT2D eigenvalue weighted by molar-refractivity contribution is -0.140. The fourth-order valence-electron chi connectivity index (χ4n) is 5.12. The molecule has 0 fully saturated rings. The first-order valence-electron chi connectivity index (χ1n) is 15.2. The summed E-state index contributed by atoms with van der Waals surface area (Å²) in [6.07, 6.45) is 1.94. The van der Waals surface area contributed by atoms with Gasteiger partial charge < -0.3 is 15.0 Å². The third-order valence-electron chi connectivity index (χ3n) is 7.56. The average Bonchev–Trinajstić information content (AvgIpc) is 3.06. The third kappa shape index (κ3) is 8.98. The van der Waals surface area contributed by atoms with Crippen molar-refractivity contribution in [3.05, 3.63) is 124 Å². The first kappa shape index (κ1) is 34.7. The molecule has 0 saturated heterocycles. The summed E-state index contributed by atoms with van der Waals surface area (Å²) in [7, 11) is -2.78. The number of benzene rings is 4. The van der Waals surface area contributed by atoms with Gasteiger partial charge in [0.05, 0.1) is 17.7 Å². The van der Waals surface area contributed by atoms with Crippen molar-refractivity contribution in [2.75, 3.05) is 24.5 Å². The van der Waals surface area contributed by atoms with Crippen LogP contribution in [0.1, 0.15) is 36.5 Å². The third-order valence-corrected chi connectivity index (χ3v) is 9.82. The van der Waals surface area contributed by atoms with Crippen molar-refractivity contribution in [1.82, 2.24) is 10.2 Å². The lowest BCUT2D eigenvalue weighted by Crippen LogP contribution is -2.53. The maximum Gasteiger partial charge on any atom is 0.264 e. The van der Waals surface area contributed by atoms with Crippen LogP contribution in [0.25, 0.3) is 0 Å². The van der Waals surface area contributed by atoms with Crippen molar-refractivity contribution < 1.29 is 22.7 Å². The zero-order valence-corrected chi connectivity index (χ0v) is 28.8. The summed E-state index contributed by atoms with van der Waals surface area (Å²) in [4.78, 5) is 30.0. The molecule has 4 rings (SSSR count). The van der Waals surface area contributed by atoms with Crippen LogP contribution in [0.2, 0.25) is 0 Å². The van der Waals surface area contributed by atoms with Gasteiger partial charge in [-0.25, -0.2) is 8.42 Å². The molecule has 0 spiro atoms. The van der Waals surface area contributed by atoms with Crippen LogP contribution < -0.4 is 14.4 Å². The molecule has 10 heteroatoms. The topological polar surface area (TPSA) is 96.0 Å². The van der Waals surface area contributed by atoms with Gasteiger partial charge in [-0.1, -0.05) is 96.0 Å². The zero-order chi connectivity index (χ0) is 33.1. The molecule has 0 aromatic heterocycles. The number of unbranched alkanes of at least 4 members (excludes halogenated alkanes) is 1. The largest absolute Gasteiger partial charge is 0.495 e. The molecule has 4 aromatic carbocycles. The molecule has 0 aliphatic carbocycles. The van der Waals surface area contributed by atoms with E-state index < -0.39 is 28.5 Å². The first-order chi connectivity index (χ1) is 22.1. The lowest BCUT2D eigenvalue weighted by atomic mass is 10.0. The molecule has 8 nitrogen and oxygen atoms in total. The number of halogens is 1. The number of ether oxygens (including phenoxy) is 1. The van der Waals surface area contributed by atoms with Crippen LogP contribution in [0.3, 0.4) is 0 Å². The van der Waals surface area contributed by atoms with Crippen LogP contribution in [-0.4, -0.2) is 51.4 Å². The second-order valence-electron chi connectivity index (χ2n) is 11.0. The molecule has 1 N–H and O–H groups in total. The molecule has 1 atom stereocenters. The Morgan fingerprint density at radius 3 is 2.22 bits per heavy atom. The minimum absolute atomic E-state index is 0.0306. The Kier molecular flexibility index (Phi) is 12.4. The number of carbonyl (C=O) groups excluding carboxylic acids is 2. The van der Waals surface area contributed by atoms with E-state index in [4.69, 9.17) is 4.74 Å². The van der Waals surface area contributed by atoms with E-state index in [1.54, 1.807) is 30.3 Å². The molecule has 0 heterocycles. The van der Waals surface area contributed by atoms with Gasteiger partial charge in [-0.15, -0.1) is 0 Å². The number of anilines is 1. The highest BCUT2D eigenvalue weighted by Crippen LogP contribution is 2.34. The molecule has 0 radical (unpaired) electrons. The number of hydrogen-bond acceptors (Lipinski definition) is 5. The van der Waals surface area contributed by atoms with E-state index in [-0.39, 0.29) is 29.5 Å². The first-order valence-corrected chi connectivity index (χ1v) is 17.4. The SMILES string of the molecule is CCCCNC(=O)C(Cc1ccccc1)N(Cc1cccc(Br)c1)C(=O)CN(c1cc(C)ccc1OC)S(=O)(=O)c1ccccc1. The minimum atomic E-state index is -4.24. The van der Waals surface area contributed by atoms with Crippen molar-refractivity contribution in [1.29, 1.82) is 0 Å². The van der Waals surface area contributed by atoms with E-state index in [1.807, 2.05) is 74.5 Å². The van der Waals surface area contributed by atoms with Crippen LogP contribution >= 0.6 is 15.9 Å². The Bertz CT molecular complexity index is 1720. The summed E-state index contributed by atoms with van der Waals surface area (Å²) in [6, 6.07) is 29.3. The van der Waals surface area contributed by atoms with Gasteiger partial charge in [0.2, 0.25) is 11.8 Å². The van der Waals surface area contributed by atoms with Crippen LogP contribution in [0.5, 0.6) is 5.75 Å². The monoisotopic (exact) mass is 705 g/mol. The van der Waals surface area contributed by atoms with Crippen LogP contribution in [0.4, 0.5) is 5.69 Å². The number of carbonyl (C=O) groups is 2. The van der Waals surface area contributed by atoms with E-state index in [1.165, 1.54) is 24.1 Å². The average molecular weight is 707 g/mol. The summed E-state index contributed by atoms with van der Waals surface area (Å²) in [6.45, 7) is 3.88. The molecule has 0 aliphatic rings. The number of nitrogens with zero attached hydrogens (tertiary/aromatic N) is 2. The second kappa shape index (κ2) is 16.4. The van der Waals surface area contributed by atoms with Crippen molar-refractivity contribution in [2.45, 2.75) is 50.6 Å². The van der Waals surface area contributed by atoms with Crippen LogP contribution in [-0.2, 0) is 32.6 Å².